The van der Waals surface area contributed by atoms with Gasteiger partial charge in [0.15, 0.2) is 6.29 Å². The van der Waals surface area contributed by atoms with Gasteiger partial charge in [-0.25, -0.2) is 0 Å². The van der Waals surface area contributed by atoms with Crippen molar-refractivity contribution < 1.29 is 4.79 Å². The molecule has 1 rings (SSSR count). The monoisotopic (exact) mass is 217 g/mol. The molecule has 0 heterocycles. The van der Waals surface area contributed by atoms with Crippen molar-refractivity contribution in [2.24, 2.45) is 0 Å². The Morgan fingerprint density at radius 2 is 2.19 bits per heavy atom. The van der Waals surface area contributed by atoms with Crippen LogP contribution in [0.4, 0.5) is 5.69 Å². The largest absolute Gasteiger partial charge is 0.367 e. The van der Waals surface area contributed by atoms with Gasteiger partial charge in [-0.2, -0.15) is 0 Å². The van der Waals surface area contributed by atoms with Crippen LogP contribution in [0.2, 0.25) is 0 Å². The number of benzene rings is 1. The third-order valence-electron chi connectivity index (χ3n) is 2.49. The number of aryl methyl sites for hydroxylation is 1. The molecule has 0 aliphatic heterocycles. The van der Waals surface area contributed by atoms with Crippen molar-refractivity contribution in [3.05, 3.63) is 41.5 Å². The minimum Gasteiger partial charge on any atom is -0.367 e. The molecule has 0 saturated heterocycles. The fourth-order valence-electron chi connectivity index (χ4n) is 1.75. The lowest BCUT2D eigenvalue weighted by molar-refractivity contribution is 0.112. The molecule has 0 aromatic heterocycles. The first kappa shape index (κ1) is 12.5. The first-order chi connectivity index (χ1) is 7.58. The summed E-state index contributed by atoms with van der Waals surface area (Å²) in [5.41, 5.74) is 3.95. The lowest BCUT2D eigenvalue weighted by atomic mass is 10.1. The van der Waals surface area contributed by atoms with Gasteiger partial charge >= 0.3 is 0 Å². The van der Waals surface area contributed by atoms with Crippen molar-refractivity contribution in [1.82, 2.24) is 0 Å². The summed E-state index contributed by atoms with van der Waals surface area (Å²) in [7, 11) is 0. The molecular weight excluding hydrogens is 198 g/mol. The number of hydrogen-bond donors (Lipinski definition) is 0. The van der Waals surface area contributed by atoms with Gasteiger partial charge in [-0.3, -0.25) is 4.79 Å². The molecule has 2 heteroatoms. The van der Waals surface area contributed by atoms with E-state index in [2.05, 4.69) is 18.4 Å². The van der Waals surface area contributed by atoms with Gasteiger partial charge in [0.05, 0.1) is 0 Å². The third-order valence-corrected chi connectivity index (χ3v) is 2.49. The Bertz CT molecular complexity index is 396. The van der Waals surface area contributed by atoms with Crippen LogP contribution in [0.25, 0.3) is 0 Å². The molecule has 0 fully saturated rings. The van der Waals surface area contributed by atoms with E-state index < -0.39 is 0 Å². The topological polar surface area (TPSA) is 20.3 Å². The van der Waals surface area contributed by atoms with Gasteiger partial charge in [0.2, 0.25) is 0 Å². The molecule has 0 aliphatic carbocycles. The Morgan fingerprint density at radius 3 is 2.69 bits per heavy atom. The van der Waals surface area contributed by atoms with Crippen LogP contribution < -0.4 is 4.90 Å². The van der Waals surface area contributed by atoms with E-state index in [1.165, 1.54) is 0 Å². The molecule has 2 nitrogen and oxygen atoms in total. The third kappa shape index (κ3) is 2.96. The summed E-state index contributed by atoms with van der Waals surface area (Å²) in [6.07, 6.45) is 0.920. The number of aldehydes is 1. The number of hydrogen-bond acceptors (Lipinski definition) is 2. The second kappa shape index (κ2) is 5.50. The fraction of sp³-hybridized carbons (Fsp3) is 0.357. The van der Waals surface area contributed by atoms with Crippen molar-refractivity contribution in [2.45, 2.75) is 20.8 Å². The van der Waals surface area contributed by atoms with Crippen LogP contribution in [0.5, 0.6) is 0 Å². The molecule has 0 atom stereocenters. The van der Waals surface area contributed by atoms with Crippen molar-refractivity contribution in [3.8, 4) is 0 Å². The standard InChI is InChI=1S/C14H19NO/c1-5-15(9-11(2)3)14-7-6-12(4)8-13(14)10-16/h6-8,10H,2,5,9H2,1,3-4H3. The lowest BCUT2D eigenvalue weighted by Gasteiger charge is -2.24. The number of anilines is 1. The molecule has 16 heavy (non-hydrogen) atoms. The molecule has 0 aliphatic rings. The minimum atomic E-state index is 0.753. The molecular formula is C14H19NO. The zero-order valence-corrected chi connectivity index (χ0v) is 10.3. The van der Waals surface area contributed by atoms with Crippen LogP contribution in [0, 0.1) is 6.92 Å². The molecule has 1 aromatic rings. The summed E-state index contributed by atoms with van der Waals surface area (Å²) in [5, 5.41) is 0. The molecule has 1 aromatic carbocycles. The van der Waals surface area contributed by atoms with Crippen molar-refractivity contribution in [2.75, 3.05) is 18.0 Å². The van der Waals surface area contributed by atoms with Gasteiger partial charge in [-0.15, -0.1) is 0 Å². The van der Waals surface area contributed by atoms with Crippen LogP contribution in [0.15, 0.2) is 30.4 Å². The van der Waals surface area contributed by atoms with Gasteiger partial charge in [-0.05, 0) is 32.9 Å². The smallest absolute Gasteiger partial charge is 0.152 e. The van der Waals surface area contributed by atoms with Gasteiger partial charge in [0.1, 0.15) is 0 Å². The second-order valence-corrected chi connectivity index (χ2v) is 4.15. The number of nitrogens with zero attached hydrogens (tertiary/aromatic N) is 1. The van der Waals surface area contributed by atoms with E-state index in [-0.39, 0.29) is 0 Å². The predicted octanol–water partition coefficient (Wildman–Crippen LogP) is 3.21. The summed E-state index contributed by atoms with van der Waals surface area (Å²) >= 11 is 0. The van der Waals surface area contributed by atoms with E-state index in [0.29, 0.717) is 0 Å². The maximum Gasteiger partial charge on any atom is 0.152 e. The van der Waals surface area contributed by atoms with E-state index >= 15 is 0 Å². The maximum atomic E-state index is 11.0. The van der Waals surface area contributed by atoms with Crippen LogP contribution in [0.1, 0.15) is 29.8 Å². The first-order valence-corrected chi connectivity index (χ1v) is 5.53. The van der Waals surface area contributed by atoms with Crippen LogP contribution in [-0.4, -0.2) is 19.4 Å². The normalized spacial score (nSPS) is 9.94. The van der Waals surface area contributed by atoms with Crippen LogP contribution in [-0.2, 0) is 0 Å². The fourth-order valence-corrected chi connectivity index (χ4v) is 1.75. The lowest BCUT2D eigenvalue weighted by Crippen LogP contribution is -2.25. The summed E-state index contributed by atoms with van der Waals surface area (Å²) in [6.45, 7) is 11.6. The quantitative estimate of drug-likeness (QED) is 0.557. The SMILES string of the molecule is C=C(C)CN(CC)c1ccc(C)cc1C=O. The first-order valence-electron chi connectivity index (χ1n) is 5.53. The Labute approximate surface area is 97.6 Å². The number of likely N-dealkylation sites (N-methyl/N-ethyl adjacent to an activating group) is 1. The van der Waals surface area contributed by atoms with E-state index in [4.69, 9.17) is 0 Å². The Hall–Kier alpha value is -1.57. The highest BCUT2D eigenvalue weighted by atomic mass is 16.1. The van der Waals surface area contributed by atoms with Gasteiger partial charge in [-0.1, -0.05) is 23.8 Å². The number of carbonyl (C=O) groups is 1. The van der Waals surface area contributed by atoms with Crippen molar-refractivity contribution >= 4 is 12.0 Å². The molecule has 0 unspecified atom stereocenters. The number of carbonyl (C=O) groups excluding carboxylic acids is 1. The molecule has 0 spiro atoms. The van der Waals surface area contributed by atoms with E-state index in [1.807, 2.05) is 32.0 Å². The van der Waals surface area contributed by atoms with Crippen molar-refractivity contribution in [1.29, 1.82) is 0 Å². The zero-order chi connectivity index (χ0) is 12.1. The zero-order valence-electron chi connectivity index (χ0n) is 10.3. The predicted molar refractivity (Wildman–Crippen MR) is 69.3 cm³/mol. The maximum absolute atomic E-state index is 11.0. The number of rotatable bonds is 5. The van der Waals surface area contributed by atoms with Gasteiger partial charge in [0.25, 0.3) is 0 Å². The van der Waals surface area contributed by atoms with Crippen LogP contribution >= 0.6 is 0 Å². The molecule has 0 saturated carbocycles. The Morgan fingerprint density at radius 1 is 1.50 bits per heavy atom. The van der Waals surface area contributed by atoms with Crippen LogP contribution in [0.3, 0.4) is 0 Å². The van der Waals surface area contributed by atoms with Crippen molar-refractivity contribution in [3.63, 3.8) is 0 Å². The second-order valence-electron chi connectivity index (χ2n) is 4.15. The average molecular weight is 217 g/mol. The summed E-state index contributed by atoms with van der Waals surface area (Å²) in [5.74, 6) is 0. The summed E-state index contributed by atoms with van der Waals surface area (Å²) in [4.78, 5) is 13.2. The van der Waals surface area contributed by atoms with Gasteiger partial charge in [0, 0.05) is 24.3 Å². The molecule has 0 N–H and O–H groups in total. The van der Waals surface area contributed by atoms with E-state index in [1.54, 1.807) is 0 Å². The molecule has 0 bridgehead atoms. The summed E-state index contributed by atoms with van der Waals surface area (Å²) in [6, 6.07) is 5.96. The highest BCUT2D eigenvalue weighted by Crippen LogP contribution is 2.21. The molecule has 0 radical (unpaired) electrons. The minimum absolute atomic E-state index is 0.753. The Balaban J connectivity index is 3.08. The average Bonchev–Trinajstić information content (AvgIpc) is 2.25. The molecule has 86 valence electrons. The Kier molecular flexibility index (Phi) is 4.29. The van der Waals surface area contributed by atoms with E-state index in [9.17, 15) is 4.79 Å². The highest BCUT2D eigenvalue weighted by molar-refractivity contribution is 5.85. The summed E-state index contributed by atoms with van der Waals surface area (Å²) < 4.78 is 0. The van der Waals surface area contributed by atoms with Gasteiger partial charge < -0.3 is 4.90 Å². The highest BCUT2D eigenvalue weighted by Gasteiger charge is 2.09. The molecule has 0 amide bonds. The van der Waals surface area contributed by atoms with E-state index in [0.717, 1.165) is 41.8 Å².